The van der Waals surface area contributed by atoms with Crippen LogP contribution in [0.4, 0.5) is 17.6 Å². The molecule has 4 rings (SSSR count). The molecule has 2 bridgehead atoms. The molecule has 1 aromatic rings. The lowest BCUT2D eigenvalue weighted by molar-refractivity contribution is -0.170. The lowest BCUT2D eigenvalue weighted by atomic mass is 9.90. The van der Waals surface area contributed by atoms with E-state index < -0.39 is 23.4 Å². The largest absolute Gasteiger partial charge is 0.411 e. The maximum Gasteiger partial charge on any atom is 0.411 e. The normalized spacial score (nSPS) is 26.6. The molecule has 10 heteroatoms. The van der Waals surface area contributed by atoms with Crippen molar-refractivity contribution in [3.63, 3.8) is 0 Å². The van der Waals surface area contributed by atoms with Gasteiger partial charge in [0.25, 0.3) is 5.91 Å². The molecule has 2 heterocycles. The summed E-state index contributed by atoms with van der Waals surface area (Å²) in [6.07, 6.45) is -0.818. The van der Waals surface area contributed by atoms with Gasteiger partial charge in [0.1, 0.15) is 11.4 Å². The number of carbonyl (C=O) groups excluding carboxylic acids is 2. The summed E-state index contributed by atoms with van der Waals surface area (Å²) in [7, 11) is 0. The first-order valence-electron chi connectivity index (χ1n) is 10.9. The Hall–Kier alpha value is -1.87. The second kappa shape index (κ2) is 8.82. The fourth-order valence-electron chi connectivity index (χ4n) is 5.11. The Morgan fingerprint density at radius 3 is 2.34 bits per heavy atom. The van der Waals surface area contributed by atoms with Gasteiger partial charge in [0.15, 0.2) is 0 Å². The summed E-state index contributed by atoms with van der Waals surface area (Å²) >= 11 is 5.81. The highest BCUT2D eigenvalue weighted by atomic mass is 35.5. The van der Waals surface area contributed by atoms with Crippen LogP contribution in [-0.4, -0.2) is 53.6 Å². The Balaban J connectivity index is 1.24. The van der Waals surface area contributed by atoms with Crippen molar-refractivity contribution in [1.82, 2.24) is 15.5 Å². The first-order chi connectivity index (χ1) is 15.1. The molecule has 32 heavy (non-hydrogen) atoms. The number of halogens is 5. The zero-order valence-electron chi connectivity index (χ0n) is 17.5. The van der Waals surface area contributed by atoms with Crippen LogP contribution in [0.25, 0.3) is 0 Å². The molecule has 2 amide bonds. The number of piperidine rings is 1. The van der Waals surface area contributed by atoms with Crippen LogP contribution in [0.2, 0.25) is 5.02 Å². The van der Waals surface area contributed by atoms with E-state index in [0.717, 1.165) is 37.8 Å². The number of nitrogens with one attached hydrogen (secondary N) is 2. The van der Waals surface area contributed by atoms with Gasteiger partial charge in [0.05, 0.1) is 0 Å². The predicted octanol–water partition coefficient (Wildman–Crippen LogP) is 4.05. The molecule has 2 N–H and O–H groups in total. The minimum absolute atomic E-state index is 0.0482. The number of alkyl halides is 3. The first-order valence-corrected chi connectivity index (χ1v) is 11.3. The van der Waals surface area contributed by atoms with Crippen LogP contribution in [0.3, 0.4) is 0 Å². The second-order valence-electron chi connectivity index (χ2n) is 9.21. The van der Waals surface area contributed by atoms with Gasteiger partial charge in [-0.15, -0.1) is 0 Å². The average Bonchev–Trinajstić information content (AvgIpc) is 3.44. The minimum atomic E-state index is -4.40. The van der Waals surface area contributed by atoms with Gasteiger partial charge < -0.3 is 10.6 Å². The Morgan fingerprint density at radius 1 is 1.12 bits per heavy atom. The van der Waals surface area contributed by atoms with Gasteiger partial charge in [0, 0.05) is 42.2 Å². The summed E-state index contributed by atoms with van der Waals surface area (Å²) < 4.78 is 52.5. The van der Waals surface area contributed by atoms with Crippen LogP contribution < -0.4 is 10.6 Å². The lowest BCUT2D eigenvalue weighted by Crippen LogP contribution is -2.50. The highest BCUT2D eigenvalue weighted by molar-refractivity contribution is 6.31. The van der Waals surface area contributed by atoms with Crippen molar-refractivity contribution >= 4 is 23.4 Å². The molecule has 5 nitrogen and oxygen atoms in total. The Morgan fingerprint density at radius 2 is 1.78 bits per heavy atom. The van der Waals surface area contributed by atoms with Crippen molar-refractivity contribution in [1.29, 1.82) is 0 Å². The van der Waals surface area contributed by atoms with Crippen molar-refractivity contribution < 1.29 is 27.2 Å². The van der Waals surface area contributed by atoms with Crippen molar-refractivity contribution in [3.05, 3.63) is 34.6 Å². The van der Waals surface area contributed by atoms with Crippen LogP contribution in [0.15, 0.2) is 18.2 Å². The van der Waals surface area contributed by atoms with Crippen LogP contribution in [0.1, 0.15) is 55.3 Å². The summed E-state index contributed by atoms with van der Waals surface area (Å²) in [5.74, 6) is -1.25. The van der Waals surface area contributed by atoms with E-state index in [1.165, 1.54) is 6.07 Å². The summed E-state index contributed by atoms with van der Waals surface area (Å²) in [5.41, 5.74) is -1.84. The summed E-state index contributed by atoms with van der Waals surface area (Å²) in [6.45, 7) is 0.901. The van der Waals surface area contributed by atoms with Crippen molar-refractivity contribution in [2.24, 2.45) is 5.92 Å². The fourth-order valence-corrected chi connectivity index (χ4v) is 5.33. The van der Waals surface area contributed by atoms with Gasteiger partial charge in [-0.25, -0.2) is 4.39 Å². The number of fused-ring (bicyclic) bond motifs is 2. The third-order valence-electron chi connectivity index (χ3n) is 6.93. The van der Waals surface area contributed by atoms with Crippen LogP contribution >= 0.6 is 11.6 Å². The van der Waals surface area contributed by atoms with Crippen molar-refractivity contribution in [3.8, 4) is 0 Å². The Labute approximate surface area is 188 Å². The number of hydrogen-bond donors (Lipinski definition) is 2. The molecule has 0 aromatic heterocycles. The van der Waals surface area contributed by atoms with E-state index in [1.54, 1.807) is 0 Å². The molecule has 1 saturated carbocycles. The number of carbonyl (C=O) groups is 2. The van der Waals surface area contributed by atoms with Gasteiger partial charge in [-0.05, 0) is 62.6 Å². The number of benzene rings is 1. The summed E-state index contributed by atoms with van der Waals surface area (Å²) in [4.78, 5) is 26.7. The molecule has 0 radical (unpaired) electrons. The van der Waals surface area contributed by atoms with E-state index in [9.17, 15) is 27.2 Å². The monoisotopic (exact) mass is 475 g/mol. The number of nitrogens with zero attached hydrogens (tertiary/aromatic N) is 1. The average molecular weight is 476 g/mol. The van der Waals surface area contributed by atoms with Gasteiger partial charge >= 0.3 is 6.18 Å². The van der Waals surface area contributed by atoms with E-state index in [1.807, 2.05) is 0 Å². The number of hydrogen-bond acceptors (Lipinski definition) is 3. The molecule has 2 saturated heterocycles. The van der Waals surface area contributed by atoms with Gasteiger partial charge in [0.2, 0.25) is 5.91 Å². The maximum atomic E-state index is 13.5. The highest BCUT2D eigenvalue weighted by Crippen LogP contribution is 2.49. The van der Waals surface area contributed by atoms with Gasteiger partial charge in [-0.2, -0.15) is 13.2 Å². The van der Waals surface area contributed by atoms with E-state index in [4.69, 9.17) is 11.6 Å². The lowest BCUT2D eigenvalue weighted by Gasteiger charge is -2.39. The van der Waals surface area contributed by atoms with Crippen molar-refractivity contribution in [2.75, 3.05) is 13.1 Å². The number of rotatable bonds is 7. The molecular weight excluding hydrogens is 450 g/mol. The minimum Gasteiger partial charge on any atom is -0.352 e. The maximum absolute atomic E-state index is 13.5. The van der Waals surface area contributed by atoms with Crippen LogP contribution in [0, 0.1) is 11.7 Å². The molecule has 1 aliphatic carbocycles. The Bertz CT molecular complexity index is 856. The topological polar surface area (TPSA) is 61.4 Å². The number of amides is 2. The predicted molar refractivity (Wildman–Crippen MR) is 111 cm³/mol. The molecule has 3 atom stereocenters. The molecule has 0 unspecified atom stereocenters. The second-order valence-corrected chi connectivity index (χ2v) is 9.64. The third kappa shape index (κ3) is 5.03. The molecule has 176 valence electrons. The molecule has 1 aromatic carbocycles. The third-order valence-corrected chi connectivity index (χ3v) is 7.14. The quantitative estimate of drug-likeness (QED) is 0.585. The highest BCUT2D eigenvalue weighted by Gasteiger charge is 2.64. The van der Waals surface area contributed by atoms with Crippen LogP contribution in [-0.2, 0) is 4.79 Å². The van der Waals surface area contributed by atoms with E-state index >= 15 is 0 Å². The zero-order valence-corrected chi connectivity index (χ0v) is 18.2. The van der Waals surface area contributed by atoms with E-state index in [2.05, 4.69) is 15.5 Å². The van der Waals surface area contributed by atoms with Crippen molar-refractivity contribution in [2.45, 2.75) is 68.7 Å². The molecule has 3 aliphatic rings. The molecule has 2 aliphatic heterocycles. The molecular formula is C22H26ClF4N3O2. The first kappa shape index (κ1) is 23.3. The smallest absolute Gasteiger partial charge is 0.352 e. The SMILES string of the molecule is O=C(CCN1[C@@H]2CC[C@H]1C[C@H](CNC(=O)c1cc(F)cc(Cl)c1)C2)NC1(C(F)(F)F)CC1. The van der Waals surface area contributed by atoms with Crippen LogP contribution in [0.5, 0.6) is 0 Å². The Kier molecular flexibility index (Phi) is 6.42. The van der Waals surface area contributed by atoms with Gasteiger partial charge in [-0.3, -0.25) is 14.5 Å². The molecule has 0 spiro atoms. The zero-order chi connectivity index (χ0) is 23.1. The summed E-state index contributed by atoms with van der Waals surface area (Å²) in [5, 5.41) is 5.20. The van der Waals surface area contributed by atoms with E-state index in [0.29, 0.717) is 13.1 Å². The van der Waals surface area contributed by atoms with E-state index in [-0.39, 0.29) is 53.8 Å². The standard InChI is InChI=1S/C22H26ClF4N3O2/c23-15-9-14(10-16(24)11-15)20(32)28-12-13-7-17-1-2-18(8-13)30(17)6-3-19(31)29-21(4-5-21)22(25,26)27/h9-11,13,17-18H,1-8,12H2,(H,28,32)(H,29,31)/t13-,17-,18+. The fraction of sp³-hybridized carbons (Fsp3) is 0.636. The molecule has 3 fully saturated rings. The van der Waals surface area contributed by atoms with Gasteiger partial charge in [-0.1, -0.05) is 11.6 Å². The summed E-state index contributed by atoms with van der Waals surface area (Å²) in [6, 6.07) is 4.21.